The summed E-state index contributed by atoms with van der Waals surface area (Å²) in [5.74, 6) is -3.02. The number of carbonyl (C=O) groups is 3. The van der Waals surface area contributed by atoms with Crippen LogP contribution in [0.2, 0.25) is 5.02 Å². The van der Waals surface area contributed by atoms with E-state index in [9.17, 15) is 19.5 Å². The predicted octanol–water partition coefficient (Wildman–Crippen LogP) is 3.82. The fourth-order valence-electron chi connectivity index (χ4n) is 6.67. The summed E-state index contributed by atoms with van der Waals surface area (Å²) in [5.41, 5.74) is -0.857. The number of carbonyl (C=O) groups excluding carboxylic acids is 3. The van der Waals surface area contributed by atoms with Gasteiger partial charge in [0.25, 0.3) is 5.91 Å². The van der Waals surface area contributed by atoms with Crippen LogP contribution in [-0.4, -0.2) is 70.8 Å². The molecule has 3 aliphatic heterocycles. The predicted molar refractivity (Wildman–Crippen MR) is 145 cm³/mol. The highest BCUT2D eigenvalue weighted by molar-refractivity contribution is 6.34. The third kappa shape index (κ3) is 4.27. The fourth-order valence-corrected chi connectivity index (χ4v) is 7.00. The Kier molecular flexibility index (Phi) is 8.07. The third-order valence-electron chi connectivity index (χ3n) is 8.38. The van der Waals surface area contributed by atoms with Gasteiger partial charge in [-0.1, -0.05) is 42.8 Å². The van der Waals surface area contributed by atoms with Gasteiger partial charge in [0, 0.05) is 6.54 Å². The average molecular weight is 545 g/mol. The van der Waals surface area contributed by atoms with Crippen LogP contribution in [0.3, 0.4) is 0 Å². The van der Waals surface area contributed by atoms with E-state index < -0.39 is 41.1 Å². The highest BCUT2D eigenvalue weighted by Gasteiger charge is 2.79. The second kappa shape index (κ2) is 10.8. The van der Waals surface area contributed by atoms with Crippen molar-refractivity contribution < 1.29 is 29.0 Å². The van der Waals surface area contributed by atoms with E-state index in [4.69, 9.17) is 21.1 Å². The van der Waals surface area contributed by atoms with E-state index in [2.05, 4.69) is 13.2 Å². The maximum absolute atomic E-state index is 14.6. The molecule has 1 aromatic rings. The minimum absolute atomic E-state index is 0.155. The van der Waals surface area contributed by atoms with Gasteiger partial charge in [-0.2, -0.15) is 0 Å². The normalized spacial score (nSPS) is 30.2. The summed E-state index contributed by atoms with van der Waals surface area (Å²) >= 11 is 6.58. The number of ether oxygens (including phenoxy) is 2. The molecule has 4 rings (SSSR count). The molecule has 3 saturated heterocycles. The molecule has 8 nitrogen and oxygen atoms in total. The van der Waals surface area contributed by atoms with Crippen molar-refractivity contribution in [3.8, 4) is 0 Å². The summed E-state index contributed by atoms with van der Waals surface area (Å²) in [5, 5.41) is 10.6. The van der Waals surface area contributed by atoms with Crippen molar-refractivity contribution in [1.29, 1.82) is 0 Å². The number of aliphatic hydroxyl groups excluding tert-OH is 1. The maximum Gasteiger partial charge on any atom is 0.312 e. The van der Waals surface area contributed by atoms with E-state index in [1.165, 1.54) is 9.80 Å². The molecular formula is C29H37ClN2O6. The molecule has 3 fully saturated rings. The Morgan fingerprint density at radius 1 is 1.34 bits per heavy atom. The van der Waals surface area contributed by atoms with Crippen LogP contribution in [0.25, 0.3) is 0 Å². The first-order chi connectivity index (χ1) is 18.1. The van der Waals surface area contributed by atoms with Crippen LogP contribution >= 0.6 is 11.6 Å². The first-order valence-corrected chi connectivity index (χ1v) is 13.6. The number of halogens is 1. The van der Waals surface area contributed by atoms with Crippen molar-refractivity contribution in [3.63, 3.8) is 0 Å². The number of nitrogens with zero attached hydrogens (tertiary/aromatic N) is 2. The van der Waals surface area contributed by atoms with Crippen LogP contribution in [0.4, 0.5) is 5.69 Å². The number of likely N-dealkylation sites (tertiary alicyclic amines) is 1. The highest BCUT2D eigenvalue weighted by atomic mass is 35.5. The van der Waals surface area contributed by atoms with Crippen LogP contribution in [0, 0.1) is 18.8 Å². The number of anilines is 1. The Hall–Kier alpha value is -2.68. The standard InChI is InChI=1S/C29H37ClN2O6/c1-6-9-16-37-27(36)22-21-25(34)32(19(8-3)17-33)24(29(21)14-13-28(22,5)38-29)26(35)31(15-7-2)23-18(4)11-10-12-20(23)30/h6-7,10-12,19,21-22,24,33H,1-2,8-9,13-17H2,3-5H3/t19-,21-,22-,24?,28+,29?/m0/s1. The van der Waals surface area contributed by atoms with Crippen molar-refractivity contribution in [2.75, 3.05) is 24.7 Å². The maximum atomic E-state index is 14.6. The molecule has 3 heterocycles. The van der Waals surface area contributed by atoms with Gasteiger partial charge < -0.3 is 24.4 Å². The molecule has 2 bridgehead atoms. The van der Waals surface area contributed by atoms with Crippen LogP contribution in [0.15, 0.2) is 43.5 Å². The summed E-state index contributed by atoms with van der Waals surface area (Å²) in [4.78, 5) is 45.1. The van der Waals surface area contributed by atoms with Gasteiger partial charge in [0.1, 0.15) is 17.6 Å². The molecule has 3 aliphatic rings. The molecule has 0 saturated carbocycles. The lowest BCUT2D eigenvalue weighted by Gasteiger charge is -2.39. The number of hydrogen-bond donors (Lipinski definition) is 1. The molecule has 1 spiro atoms. The quantitative estimate of drug-likeness (QED) is 0.258. The Labute approximate surface area is 229 Å². The van der Waals surface area contributed by atoms with Gasteiger partial charge >= 0.3 is 5.97 Å². The van der Waals surface area contributed by atoms with E-state index in [1.54, 1.807) is 18.2 Å². The van der Waals surface area contributed by atoms with Crippen molar-refractivity contribution in [2.45, 2.75) is 69.7 Å². The van der Waals surface area contributed by atoms with Crippen molar-refractivity contribution >= 4 is 35.1 Å². The number of fused-ring (bicyclic) bond motifs is 1. The summed E-state index contributed by atoms with van der Waals surface area (Å²) in [6, 6.07) is 3.70. The van der Waals surface area contributed by atoms with Gasteiger partial charge in [0.05, 0.1) is 41.5 Å². The van der Waals surface area contributed by atoms with Crippen LogP contribution in [0.5, 0.6) is 0 Å². The van der Waals surface area contributed by atoms with Gasteiger partial charge in [-0.05, 0) is 51.2 Å². The van der Waals surface area contributed by atoms with Gasteiger partial charge in [-0.3, -0.25) is 14.4 Å². The number of hydrogen-bond acceptors (Lipinski definition) is 6. The molecule has 1 aromatic carbocycles. The Morgan fingerprint density at radius 3 is 2.68 bits per heavy atom. The molecule has 1 N–H and O–H groups in total. The number of benzene rings is 1. The van der Waals surface area contributed by atoms with E-state index in [0.717, 1.165) is 5.56 Å². The zero-order chi connectivity index (χ0) is 27.8. The first-order valence-electron chi connectivity index (χ1n) is 13.2. The van der Waals surface area contributed by atoms with E-state index >= 15 is 0 Å². The lowest BCUT2D eigenvalue weighted by Crippen LogP contribution is -2.59. The number of aryl methyl sites for hydroxylation is 1. The third-order valence-corrected chi connectivity index (χ3v) is 8.69. The van der Waals surface area contributed by atoms with Gasteiger partial charge in [0.2, 0.25) is 5.91 Å². The van der Waals surface area contributed by atoms with Gasteiger partial charge in [0.15, 0.2) is 0 Å². The molecule has 38 heavy (non-hydrogen) atoms. The van der Waals surface area contributed by atoms with Crippen molar-refractivity contribution in [2.24, 2.45) is 11.8 Å². The molecule has 6 atom stereocenters. The number of para-hydroxylation sites is 1. The first kappa shape index (κ1) is 28.3. The number of esters is 1. The molecule has 2 amide bonds. The number of rotatable bonds is 11. The monoisotopic (exact) mass is 544 g/mol. The van der Waals surface area contributed by atoms with Crippen LogP contribution < -0.4 is 4.90 Å². The lowest BCUT2D eigenvalue weighted by atomic mass is 9.66. The van der Waals surface area contributed by atoms with Crippen molar-refractivity contribution in [3.05, 3.63) is 54.1 Å². The van der Waals surface area contributed by atoms with E-state index in [0.29, 0.717) is 36.4 Å². The van der Waals surface area contributed by atoms with E-state index in [1.807, 2.05) is 32.9 Å². The minimum atomic E-state index is -1.23. The lowest BCUT2D eigenvalue weighted by molar-refractivity contribution is -0.160. The van der Waals surface area contributed by atoms with Crippen LogP contribution in [0.1, 0.15) is 45.1 Å². The van der Waals surface area contributed by atoms with E-state index in [-0.39, 0.29) is 31.6 Å². The minimum Gasteiger partial charge on any atom is -0.465 e. The smallest absolute Gasteiger partial charge is 0.312 e. The average Bonchev–Trinajstić information content (AvgIpc) is 3.45. The topological polar surface area (TPSA) is 96.4 Å². The summed E-state index contributed by atoms with van der Waals surface area (Å²) in [6.45, 7) is 13.0. The molecule has 9 heteroatoms. The number of amides is 2. The summed E-state index contributed by atoms with van der Waals surface area (Å²) < 4.78 is 12.2. The number of aliphatic hydroxyl groups is 1. The van der Waals surface area contributed by atoms with Crippen LogP contribution in [-0.2, 0) is 23.9 Å². The largest absolute Gasteiger partial charge is 0.465 e. The zero-order valence-electron chi connectivity index (χ0n) is 22.3. The van der Waals surface area contributed by atoms with Gasteiger partial charge in [-0.25, -0.2) is 0 Å². The molecule has 0 radical (unpaired) electrons. The summed E-state index contributed by atoms with van der Waals surface area (Å²) in [6.07, 6.45) is 5.10. The Bertz CT molecular complexity index is 1120. The Morgan fingerprint density at radius 2 is 2.08 bits per heavy atom. The second-order valence-corrected chi connectivity index (χ2v) is 11.0. The fraction of sp³-hybridized carbons (Fsp3) is 0.552. The second-order valence-electron chi connectivity index (χ2n) is 10.6. The van der Waals surface area contributed by atoms with Crippen molar-refractivity contribution in [1.82, 2.24) is 4.90 Å². The molecule has 0 aromatic heterocycles. The molecule has 2 unspecified atom stereocenters. The SMILES string of the molecule is C=CCCOC(=O)[C@@H]1[C@H]2C(=O)N([C@@H](CC)CO)C(C(=O)N(CC=C)c3c(C)cccc3Cl)C23CC[C@@]1(C)O3. The highest BCUT2D eigenvalue weighted by Crippen LogP contribution is 2.64. The molecule has 0 aliphatic carbocycles. The Balaban J connectivity index is 1.83. The van der Waals surface area contributed by atoms with Gasteiger partial charge in [-0.15, -0.1) is 13.2 Å². The summed E-state index contributed by atoms with van der Waals surface area (Å²) in [7, 11) is 0. The zero-order valence-corrected chi connectivity index (χ0v) is 23.1. The molecular weight excluding hydrogens is 508 g/mol. The molecule has 206 valence electrons.